The summed E-state index contributed by atoms with van der Waals surface area (Å²) in [6.07, 6.45) is 0.597. The monoisotopic (exact) mass is 327 g/mol. The molecule has 1 N–H and O–H groups in total. The average Bonchev–Trinajstić information content (AvgIpc) is 2.76. The van der Waals surface area contributed by atoms with Gasteiger partial charge in [-0.05, 0) is 6.92 Å². The molecule has 0 bridgehead atoms. The molecule has 2 aliphatic rings. The number of hydrogen-bond donors (Lipinski definition) is 1. The second-order valence-corrected chi connectivity index (χ2v) is 6.13. The summed E-state index contributed by atoms with van der Waals surface area (Å²) < 4.78 is 9.90. The van der Waals surface area contributed by atoms with E-state index in [0.717, 1.165) is 0 Å². The number of hydrogen-bond acceptors (Lipinski definition) is 7. The Balaban J connectivity index is 2.22. The molecule has 2 aliphatic heterocycles. The number of thioether (sulfide) groups is 1. The quantitative estimate of drug-likeness (QED) is 0.429. The summed E-state index contributed by atoms with van der Waals surface area (Å²) in [7, 11) is 0. The zero-order valence-electron chi connectivity index (χ0n) is 12.3. The van der Waals surface area contributed by atoms with Gasteiger partial charge in [-0.3, -0.25) is 14.5 Å². The van der Waals surface area contributed by atoms with Gasteiger partial charge in [-0.15, -0.1) is 0 Å². The Kier molecular flexibility index (Phi) is 4.92. The second-order valence-electron chi connectivity index (χ2n) is 4.92. The van der Waals surface area contributed by atoms with Gasteiger partial charge in [0.25, 0.3) is 0 Å². The van der Waals surface area contributed by atoms with Crippen molar-refractivity contribution < 1.29 is 29.0 Å². The van der Waals surface area contributed by atoms with Crippen molar-refractivity contribution in [2.24, 2.45) is 5.92 Å². The normalized spacial score (nSPS) is 24.5. The molecule has 1 fully saturated rings. The van der Waals surface area contributed by atoms with Crippen LogP contribution in [0.2, 0.25) is 0 Å². The third-order valence-electron chi connectivity index (χ3n) is 3.30. The molecule has 0 aromatic rings. The molecule has 0 aromatic heterocycles. The maximum atomic E-state index is 12.1. The van der Waals surface area contributed by atoms with Crippen LogP contribution in [0.15, 0.2) is 23.3 Å². The van der Waals surface area contributed by atoms with Crippen molar-refractivity contribution in [2.75, 3.05) is 13.2 Å². The number of aliphatic hydroxyl groups is 1. The van der Waals surface area contributed by atoms with Crippen molar-refractivity contribution in [3.63, 3.8) is 0 Å². The fourth-order valence-electron chi connectivity index (χ4n) is 2.32. The molecule has 8 heteroatoms. The molecule has 2 heterocycles. The molecule has 3 atom stereocenters. The summed E-state index contributed by atoms with van der Waals surface area (Å²) in [6, 6.07) is 0. The Morgan fingerprint density at radius 2 is 2.18 bits per heavy atom. The van der Waals surface area contributed by atoms with Crippen LogP contribution >= 0.6 is 11.8 Å². The number of carbonyl (C=O) groups excluding carboxylic acids is 3. The molecule has 1 saturated heterocycles. The maximum absolute atomic E-state index is 12.1. The number of aliphatic hydroxyl groups excluding tert-OH is 1. The summed E-state index contributed by atoms with van der Waals surface area (Å²) in [5.41, 5.74) is 0.0833. The summed E-state index contributed by atoms with van der Waals surface area (Å²) in [5.74, 6) is -2.08. The Morgan fingerprint density at radius 3 is 2.73 bits per heavy atom. The lowest BCUT2D eigenvalue weighted by Crippen LogP contribution is -2.60. The first-order valence-corrected chi connectivity index (χ1v) is 7.58. The first-order chi connectivity index (χ1) is 10.4. The van der Waals surface area contributed by atoms with Crippen molar-refractivity contribution in [1.29, 1.82) is 0 Å². The molecular formula is C14H17NO6S. The molecule has 7 nitrogen and oxygen atoms in total. The van der Waals surface area contributed by atoms with Crippen molar-refractivity contribution in [1.82, 2.24) is 4.90 Å². The predicted octanol–water partition coefficient (Wildman–Crippen LogP) is 0.402. The minimum atomic E-state index is -0.820. The Bertz CT molecular complexity index is 556. The van der Waals surface area contributed by atoms with Crippen molar-refractivity contribution in [3.8, 4) is 0 Å². The van der Waals surface area contributed by atoms with Gasteiger partial charge in [0.2, 0.25) is 5.91 Å². The van der Waals surface area contributed by atoms with E-state index in [1.54, 1.807) is 0 Å². The third-order valence-corrected chi connectivity index (χ3v) is 4.65. The van der Waals surface area contributed by atoms with E-state index in [9.17, 15) is 19.5 Å². The Hall–Kier alpha value is -1.80. The van der Waals surface area contributed by atoms with Crippen LogP contribution in [-0.2, 0) is 23.9 Å². The molecule has 0 spiro atoms. The first-order valence-electron chi connectivity index (χ1n) is 6.70. The fourth-order valence-corrected chi connectivity index (χ4v) is 3.83. The molecule has 22 heavy (non-hydrogen) atoms. The number of β-lactam (4-membered cyclic amide) rings is 1. The number of rotatable bonds is 6. The van der Waals surface area contributed by atoms with Crippen molar-refractivity contribution in [2.45, 2.75) is 25.3 Å². The van der Waals surface area contributed by atoms with E-state index >= 15 is 0 Å². The molecule has 0 aliphatic carbocycles. The number of ether oxygens (including phenoxy) is 2. The molecular weight excluding hydrogens is 310 g/mol. The van der Waals surface area contributed by atoms with Crippen molar-refractivity contribution >= 4 is 29.6 Å². The minimum absolute atomic E-state index is 0.0143. The number of fused-ring (bicyclic) bond motifs is 1. The van der Waals surface area contributed by atoms with E-state index < -0.39 is 24.0 Å². The van der Waals surface area contributed by atoms with Gasteiger partial charge in [0.15, 0.2) is 0 Å². The SMILES string of the molecule is C=CCOC(=O)C1=C(COC(C)=O)S[C@@H]2[C@@H]([C@@H](C)O)C(=O)N12. The zero-order chi connectivity index (χ0) is 16.4. The van der Waals surface area contributed by atoms with Gasteiger partial charge in [0, 0.05) is 6.92 Å². The van der Waals surface area contributed by atoms with Gasteiger partial charge >= 0.3 is 11.9 Å². The number of carbonyl (C=O) groups is 3. The van der Waals surface area contributed by atoms with Gasteiger partial charge in [0.1, 0.15) is 24.3 Å². The van der Waals surface area contributed by atoms with Crippen LogP contribution in [0.25, 0.3) is 0 Å². The second kappa shape index (κ2) is 6.53. The molecule has 0 unspecified atom stereocenters. The van der Waals surface area contributed by atoms with E-state index in [1.807, 2.05) is 0 Å². The lowest BCUT2D eigenvalue weighted by atomic mass is 9.92. The third kappa shape index (κ3) is 2.89. The topological polar surface area (TPSA) is 93.1 Å². The summed E-state index contributed by atoms with van der Waals surface area (Å²) in [5, 5.41) is 9.30. The lowest BCUT2D eigenvalue weighted by Gasteiger charge is -2.43. The Morgan fingerprint density at radius 1 is 1.50 bits per heavy atom. The number of esters is 2. The zero-order valence-corrected chi connectivity index (χ0v) is 13.1. The highest BCUT2D eigenvalue weighted by Gasteiger charge is 2.57. The molecule has 0 aromatic carbocycles. The number of nitrogens with zero attached hydrogens (tertiary/aromatic N) is 1. The average molecular weight is 327 g/mol. The fraction of sp³-hybridized carbons (Fsp3) is 0.500. The summed E-state index contributed by atoms with van der Waals surface area (Å²) in [6.45, 7) is 6.15. The van der Waals surface area contributed by atoms with E-state index in [-0.39, 0.29) is 30.2 Å². The van der Waals surface area contributed by atoms with Gasteiger partial charge in [-0.1, -0.05) is 24.4 Å². The van der Waals surface area contributed by atoms with Crippen LogP contribution in [0.5, 0.6) is 0 Å². The Labute approximate surface area is 131 Å². The van der Waals surface area contributed by atoms with Gasteiger partial charge < -0.3 is 14.6 Å². The molecule has 0 radical (unpaired) electrons. The summed E-state index contributed by atoms with van der Waals surface area (Å²) in [4.78, 5) is 37.0. The lowest BCUT2D eigenvalue weighted by molar-refractivity contribution is -0.158. The van der Waals surface area contributed by atoms with E-state index in [0.29, 0.717) is 4.91 Å². The molecule has 1 amide bonds. The first kappa shape index (κ1) is 16.6. The largest absolute Gasteiger partial charge is 0.460 e. The van der Waals surface area contributed by atoms with E-state index in [2.05, 4.69) is 6.58 Å². The highest BCUT2D eigenvalue weighted by Crippen LogP contribution is 2.50. The highest BCUT2D eigenvalue weighted by molar-refractivity contribution is 8.04. The van der Waals surface area contributed by atoms with Crippen molar-refractivity contribution in [3.05, 3.63) is 23.3 Å². The van der Waals surface area contributed by atoms with Crippen LogP contribution in [-0.4, -0.2) is 52.5 Å². The summed E-state index contributed by atoms with van der Waals surface area (Å²) >= 11 is 1.23. The van der Waals surface area contributed by atoms with Crippen LogP contribution in [0.4, 0.5) is 0 Å². The van der Waals surface area contributed by atoms with Crippen LogP contribution in [0.3, 0.4) is 0 Å². The van der Waals surface area contributed by atoms with E-state index in [1.165, 1.54) is 36.6 Å². The van der Waals surface area contributed by atoms with Crippen LogP contribution < -0.4 is 0 Å². The van der Waals surface area contributed by atoms with Crippen LogP contribution in [0.1, 0.15) is 13.8 Å². The predicted molar refractivity (Wildman–Crippen MR) is 78.2 cm³/mol. The molecule has 120 valence electrons. The molecule has 2 rings (SSSR count). The highest BCUT2D eigenvalue weighted by atomic mass is 32.2. The van der Waals surface area contributed by atoms with Crippen LogP contribution in [0, 0.1) is 5.92 Å². The minimum Gasteiger partial charge on any atom is -0.460 e. The maximum Gasteiger partial charge on any atom is 0.356 e. The van der Waals surface area contributed by atoms with Gasteiger partial charge in [-0.2, -0.15) is 0 Å². The van der Waals surface area contributed by atoms with Gasteiger partial charge in [-0.25, -0.2) is 4.79 Å². The number of amides is 1. The molecule has 0 saturated carbocycles. The van der Waals surface area contributed by atoms with E-state index in [4.69, 9.17) is 9.47 Å². The van der Waals surface area contributed by atoms with Gasteiger partial charge in [0.05, 0.1) is 16.9 Å². The standard InChI is InChI=1S/C14H17NO6S/c1-4-5-20-14(19)11-9(6-21-8(3)17)22-13-10(7(2)16)12(18)15(11)13/h4,7,10,13,16H,1,5-6H2,2-3H3/t7-,10+,13-/m1/s1. The smallest absolute Gasteiger partial charge is 0.356 e.